The van der Waals surface area contributed by atoms with Gasteiger partial charge in [0.05, 0.1) is 18.2 Å². The maximum absolute atomic E-state index is 6.47. The van der Waals surface area contributed by atoms with Crippen molar-refractivity contribution in [3.63, 3.8) is 0 Å². The smallest absolute Gasteiger partial charge is 0.152 e. The van der Waals surface area contributed by atoms with Crippen LogP contribution < -0.4 is 4.90 Å². The molecular weight excluding hydrogens is 324 g/mol. The van der Waals surface area contributed by atoms with Crippen LogP contribution in [0.25, 0.3) is 0 Å². The Morgan fingerprint density at radius 3 is 2.92 bits per heavy atom. The van der Waals surface area contributed by atoms with Gasteiger partial charge in [0, 0.05) is 18.8 Å². The molecule has 0 N–H and O–H groups in total. The molecule has 2 bridgehead atoms. The van der Waals surface area contributed by atoms with Crippen molar-refractivity contribution in [2.24, 2.45) is 5.92 Å². The van der Waals surface area contributed by atoms with E-state index >= 15 is 0 Å². The molecule has 3 aliphatic heterocycles. The van der Waals surface area contributed by atoms with Gasteiger partial charge in [0.2, 0.25) is 0 Å². The number of hydrogen-bond donors (Lipinski definition) is 0. The van der Waals surface area contributed by atoms with E-state index in [1.807, 2.05) is 0 Å². The molecule has 6 rings (SSSR count). The Balaban J connectivity index is 1.00. The molecule has 0 amide bonds. The molecule has 1 saturated carbocycles. The number of fused-ring (bicyclic) bond motifs is 4. The Kier molecular flexibility index (Phi) is 3.25. The number of ether oxygens (including phenoxy) is 1. The Hall–Kier alpha value is -1.88. The minimum Gasteiger partial charge on any atom is -0.367 e. The first-order valence-electron chi connectivity index (χ1n) is 9.82. The fourth-order valence-corrected chi connectivity index (χ4v) is 4.92. The van der Waals surface area contributed by atoms with Crippen molar-refractivity contribution in [3.8, 4) is 0 Å². The lowest BCUT2D eigenvalue weighted by molar-refractivity contribution is -0.138. The van der Waals surface area contributed by atoms with Gasteiger partial charge in [-0.2, -0.15) is 5.06 Å². The lowest BCUT2D eigenvalue weighted by atomic mass is 10.0. The number of nitrogens with zero attached hydrogens (tertiary/aromatic N) is 2. The van der Waals surface area contributed by atoms with Crippen LogP contribution in [-0.4, -0.2) is 30.5 Å². The van der Waals surface area contributed by atoms with E-state index in [2.05, 4.69) is 64.6 Å². The molecule has 134 valence electrons. The number of hydrogen-bond acceptors (Lipinski definition) is 4. The summed E-state index contributed by atoms with van der Waals surface area (Å²) in [6.45, 7) is 2.86. The zero-order chi connectivity index (χ0) is 17.1. The Labute approximate surface area is 154 Å². The van der Waals surface area contributed by atoms with Gasteiger partial charge in [-0.3, -0.25) is 4.84 Å². The Bertz CT molecular complexity index is 826. The molecule has 2 saturated heterocycles. The van der Waals surface area contributed by atoms with Crippen LogP contribution in [0.5, 0.6) is 0 Å². The van der Waals surface area contributed by atoms with Gasteiger partial charge in [-0.25, -0.2) is 0 Å². The fraction of sp³-hybridized carbons (Fsp3) is 0.455. The predicted octanol–water partition coefficient (Wildman–Crippen LogP) is 3.67. The highest BCUT2D eigenvalue weighted by Gasteiger charge is 2.70. The SMILES string of the molecule is c1ccc(C23CC2CC2C(O3)N2OCCCN2Cc3cccc2c3)cc1. The summed E-state index contributed by atoms with van der Waals surface area (Å²) in [5.74, 6) is 0.663. The predicted molar refractivity (Wildman–Crippen MR) is 99.4 cm³/mol. The number of anilines is 1. The van der Waals surface area contributed by atoms with Crippen LogP contribution in [0.1, 0.15) is 30.4 Å². The Morgan fingerprint density at radius 2 is 2.04 bits per heavy atom. The summed E-state index contributed by atoms with van der Waals surface area (Å²) >= 11 is 0. The van der Waals surface area contributed by atoms with Crippen LogP contribution in [0.2, 0.25) is 0 Å². The van der Waals surface area contributed by atoms with Crippen LogP contribution in [0, 0.1) is 5.92 Å². The maximum atomic E-state index is 6.47. The van der Waals surface area contributed by atoms with E-state index < -0.39 is 0 Å². The van der Waals surface area contributed by atoms with E-state index in [0.29, 0.717) is 12.0 Å². The lowest BCUT2D eigenvalue weighted by Gasteiger charge is -2.21. The summed E-state index contributed by atoms with van der Waals surface area (Å²) in [5.41, 5.74) is 4.07. The third-order valence-corrected chi connectivity index (χ3v) is 6.45. The van der Waals surface area contributed by atoms with Crippen LogP contribution in [0.3, 0.4) is 0 Å². The van der Waals surface area contributed by atoms with Crippen LogP contribution in [0.15, 0.2) is 54.6 Å². The highest BCUT2D eigenvalue weighted by Crippen LogP contribution is 2.65. The molecule has 1 aliphatic carbocycles. The molecule has 5 unspecified atom stereocenters. The van der Waals surface area contributed by atoms with E-state index in [-0.39, 0.29) is 11.8 Å². The first-order chi connectivity index (χ1) is 12.8. The number of rotatable bonds is 6. The standard InChI is InChI=1S/C22H24N2O2/c1-2-7-17(8-3-1)22-14-18(22)13-20-21(26-22)24(20)25-11-5-10-23-15-16-6-4-9-19(23)12-16/h1-4,6-9,12,18,20-21H,5,10-11,13-15H2. The molecule has 4 aliphatic rings. The monoisotopic (exact) mass is 348 g/mol. The van der Waals surface area contributed by atoms with Crippen molar-refractivity contribution in [2.45, 2.75) is 43.7 Å². The van der Waals surface area contributed by atoms with E-state index in [0.717, 1.165) is 26.1 Å². The minimum atomic E-state index is -0.0277. The zero-order valence-electron chi connectivity index (χ0n) is 14.9. The van der Waals surface area contributed by atoms with Crippen LogP contribution >= 0.6 is 0 Å². The molecule has 26 heavy (non-hydrogen) atoms. The first kappa shape index (κ1) is 15.2. The third kappa shape index (κ3) is 2.33. The second-order valence-corrected chi connectivity index (χ2v) is 8.11. The van der Waals surface area contributed by atoms with Crippen molar-refractivity contribution < 1.29 is 9.57 Å². The second kappa shape index (κ2) is 5.56. The topological polar surface area (TPSA) is 24.7 Å². The van der Waals surface area contributed by atoms with Gasteiger partial charge in [-0.15, -0.1) is 0 Å². The summed E-state index contributed by atoms with van der Waals surface area (Å²) in [6, 6.07) is 20.0. The third-order valence-electron chi connectivity index (χ3n) is 6.45. The summed E-state index contributed by atoms with van der Waals surface area (Å²) in [7, 11) is 0. The van der Waals surface area contributed by atoms with Gasteiger partial charge in [0.25, 0.3) is 0 Å². The molecular formula is C22H24N2O2. The normalized spacial score (nSPS) is 35.8. The molecule has 5 atom stereocenters. The number of benzene rings is 2. The van der Waals surface area contributed by atoms with Crippen molar-refractivity contribution in [1.82, 2.24) is 5.06 Å². The highest BCUT2D eigenvalue weighted by atomic mass is 16.7. The highest BCUT2D eigenvalue weighted by molar-refractivity contribution is 5.54. The van der Waals surface area contributed by atoms with Crippen molar-refractivity contribution >= 4 is 5.69 Å². The average Bonchev–Trinajstić information content (AvgIpc) is 3.55. The molecule has 2 aromatic rings. The zero-order valence-corrected chi connectivity index (χ0v) is 14.9. The molecule has 0 spiro atoms. The average molecular weight is 348 g/mol. The van der Waals surface area contributed by atoms with Crippen LogP contribution in [-0.2, 0) is 21.7 Å². The van der Waals surface area contributed by atoms with Gasteiger partial charge in [-0.05, 0) is 48.4 Å². The minimum absolute atomic E-state index is 0.0277. The van der Waals surface area contributed by atoms with Gasteiger partial charge in [0.15, 0.2) is 6.23 Å². The van der Waals surface area contributed by atoms with Gasteiger partial charge < -0.3 is 9.64 Å². The van der Waals surface area contributed by atoms with Crippen molar-refractivity contribution in [2.75, 3.05) is 18.1 Å². The molecule has 2 aromatic carbocycles. The molecule has 3 heterocycles. The largest absolute Gasteiger partial charge is 0.367 e. The van der Waals surface area contributed by atoms with Crippen LogP contribution in [0.4, 0.5) is 5.69 Å². The summed E-state index contributed by atoms with van der Waals surface area (Å²) in [6.07, 6.45) is 3.58. The molecule has 4 nitrogen and oxygen atoms in total. The molecule has 4 heteroatoms. The van der Waals surface area contributed by atoms with Gasteiger partial charge in [-0.1, -0.05) is 42.5 Å². The molecule has 3 fully saturated rings. The molecule has 0 aromatic heterocycles. The summed E-state index contributed by atoms with van der Waals surface area (Å²) in [5, 5.41) is 2.10. The maximum Gasteiger partial charge on any atom is 0.152 e. The van der Waals surface area contributed by atoms with Gasteiger partial charge in [0.1, 0.15) is 0 Å². The number of hydroxylamine groups is 2. The first-order valence-corrected chi connectivity index (χ1v) is 9.82. The van der Waals surface area contributed by atoms with E-state index in [1.165, 1.54) is 29.7 Å². The summed E-state index contributed by atoms with van der Waals surface area (Å²) < 4.78 is 6.47. The fourth-order valence-electron chi connectivity index (χ4n) is 4.92. The quantitative estimate of drug-likeness (QED) is 0.587. The summed E-state index contributed by atoms with van der Waals surface area (Å²) in [4.78, 5) is 8.49. The van der Waals surface area contributed by atoms with Gasteiger partial charge >= 0.3 is 0 Å². The van der Waals surface area contributed by atoms with E-state index in [9.17, 15) is 0 Å². The van der Waals surface area contributed by atoms with E-state index in [4.69, 9.17) is 9.57 Å². The second-order valence-electron chi connectivity index (χ2n) is 8.11. The van der Waals surface area contributed by atoms with E-state index in [1.54, 1.807) is 0 Å². The lowest BCUT2D eigenvalue weighted by Crippen LogP contribution is -2.23. The van der Waals surface area contributed by atoms with Crippen molar-refractivity contribution in [3.05, 3.63) is 65.7 Å². The Morgan fingerprint density at radius 1 is 1.12 bits per heavy atom. The molecule has 0 radical (unpaired) electrons. The van der Waals surface area contributed by atoms with Crippen molar-refractivity contribution in [1.29, 1.82) is 0 Å².